The first-order valence-electron chi connectivity index (χ1n) is 5.59. The van der Waals surface area contributed by atoms with E-state index in [1.54, 1.807) is 30.3 Å². The van der Waals surface area contributed by atoms with Gasteiger partial charge >= 0.3 is 7.12 Å². The van der Waals surface area contributed by atoms with Crippen LogP contribution in [0.15, 0.2) is 46.9 Å². The zero-order chi connectivity index (χ0) is 13.8. The minimum Gasteiger partial charge on any atom is -0.488 e. The van der Waals surface area contributed by atoms with Crippen molar-refractivity contribution in [3.8, 4) is 5.75 Å². The Labute approximate surface area is 118 Å². The van der Waals surface area contributed by atoms with Gasteiger partial charge < -0.3 is 14.8 Å². The van der Waals surface area contributed by atoms with Gasteiger partial charge in [0, 0.05) is 5.46 Å². The van der Waals surface area contributed by atoms with Crippen molar-refractivity contribution in [2.45, 2.75) is 6.61 Å². The van der Waals surface area contributed by atoms with E-state index >= 15 is 0 Å². The molecule has 0 aromatic heterocycles. The highest BCUT2D eigenvalue weighted by Crippen LogP contribution is 2.23. The predicted molar refractivity (Wildman–Crippen MR) is 74.7 cm³/mol. The molecular weight excluding hydrogens is 314 g/mol. The molecule has 0 fully saturated rings. The van der Waals surface area contributed by atoms with Crippen LogP contribution in [-0.4, -0.2) is 17.2 Å². The molecule has 2 aromatic carbocycles. The smallest absolute Gasteiger partial charge is 0.488 e. The van der Waals surface area contributed by atoms with Gasteiger partial charge in [-0.3, -0.25) is 0 Å². The molecule has 2 N–H and O–H groups in total. The number of rotatable bonds is 4. The van der Waals surface area contributed by atoms with Crippen LogP contribution in [0.3, 0.4) is 0 Å². The van der Waals surface area contributed by atoms with Crippen LogP contribution in [0.1, 0.15) is 5.56 Å². The molecule has 0 radical (unpaired) electrons. The van der Waals surface area contributed by atoms with Crippen LogP contribution in [0.4, 0.5) is 4.39 Å². The van der Waals surface area contributed by atoms with Gasteiger partial charge in [-0.25, -0.2) is 4.39 Å². The van der Waals surface area contributed by atoms with Crippen LogP contribution < -0.4 is 10.2 Å². The molecule has 0 bridgehead atoms. The van der Waals surface area contributed by atoms with Crippen LogP contribution in [0.5, 0.6) is 5.75 Å². The maximum Gasteiger partial charge on any atom is 0.492 e. The molecule has 0 saturated heterocycles. The van der Waals surface area contributed by atoms with E-state index < -0.39 is 7.12 Å². The summed E-state index contributed by atoms with van der Waals surface area (Å²) in [5, 5.41) is 18.5. The second kappa shape index (κ2) is 6.19. The van der Waals surface area contributed by atoms with Crippen molar-refractivity contribution < 1.29 is 19.2 Å². The summed E-state index contributed by atoms with van der Waals surface area (Å²) in [5.41, 5.74) is 1.06. The average molecular weight is 325 g/mol. The lowest BCUT2D eigenvalue weighted by atomic mass is 9.79. The highest BCUT2D eigenvalue weighted by Gasteiger charge is 2.19. The Balaban J connectivity index is 2.17. The summed E-state index contributed by atoms with van der Waals surface area (Å²) in [4.78, 5) is 0. The zero-order valence-corrected chi connectivity index (χ0v) is 11.5. The van der Waals surface area contributed by atoms with Gasteiger partial charge in [0.2, 0.25) is 0 Å². The summed E-state index contributed by atoms with van der Waals surface area (Å²) in [6.07, 6.45) is 0. The van der Waals surface area contributed by atoms with Gasteiger partial charge in [0.15, 0.2) is 0 Å². The number of hydrogen-bond acceptors (Lipinski definition) is 3. The first kappa shape index (κ1) is 14.1. The number of halogens is 2. The van der Waals surface area contributed by atoms with Gasteiger partial charge in [-0.15, -0.1) is 0 Å². The summed E-state index contributed by atoms with van der Waals surface area (Å²) in [6.45, 7) is 0.211. The number of para-hydroxylation sites is 1. The normalized spacial score (nSPS) is 10.3. The molecule has 0 unspecified atom stereocenters. The highest BCUT2D eigenvalue weighted by atomic mass is 79.9. The molecule has 0 atom stereocenters. The fourth-order valence-corrected chi connectivity index (χ4v) is 2.11. The fraction of sp³-hybridized carbons (Fsp3) is 0.0769. The zero-order valence-electron chi connectivity index (χ0n) is 9.88. The molecule has 6 heteroatoms. The second-order valence-corrected chi connectivity index (χ2v) is 4.80. The van der Waals surface area contributed by atoms with E-state index in [-0.39, 0.29) is 17.9 Å². The van der Waals surface area contributed by atoms with E-state index in [2.05, 4.69) is 15.9 Å². The Morgan fingerprint density at radius 1 is 1.11 bits per heavy atom. The predicted octanol–water partition coefficient (Wildman–Crippen LogP) is 1.85. The fourth-order valence-electron chi connectivity index (χ4n) is 1.62. The van der Waals surface area contributed by atoms with E-state index in [9.17, 15) is 14.4 Å². The topological polar surface area (TPSA) is 49.7 Å². The maximum absolute atomic E-state index is 12.8. The molecule has 19 heavy (non-hydrogen) atoms. The number of benzene rings is 2. The Morgan fingerprint density at radius 2 is 1.79 bits per heavy atom. The van der Waals surface area contributed by atoms with Crippen molar-refractivity contribution in [2.24, 2.45) is 0 Å². The standard InChI is InChI=1S/C13H11BBrFO3/c15-12-3-1-2-11(14(17)18)13(12)19-8-9-4-6-10(16)7-5-9/h1-7,17-18H,8H2. The van der Waals surface area contributed by atoms with Crippen molar-refractivity contribution in [3.05, 3.63) is 58.3 Å². The van der Waals surface area contributed by atoms with E-state index in [1.807, 2.05) is 0 Å². The van der Waals surface area contributed by atoms with Crippen LogP contribution in [-0.2, 0) is 6.61 Å². The summed E-state index contributed by atoms with van der Waals surface area (Å²) in [7, 11) is -1.61. The SMILES string of the molecule is OB(O)c1cccc(Br)c1OCc1ccc(F)cc1. The Hall–Kier alpha value is -1.37. The molecule has 2 aromatic rings. The molecular formula is C13H11BBrFO3. The quantitative estimate of drug-likeness (QED) is 0.844. The molecule has 0 aliphatic rings. The average Bonchev–Trinajstić information content (AvgIpc) is 2.39. The third-order valence-electron chi connectivity index (χ3n) is 2.57. The Morgan fingerprint density at radius 3 is 2.42 bits per heavy atom. The largest absolute Gasteiger partial charge is 0.492 e. The summed E-state index contributed by atoms with van der Waals surface area (Å²) in [5.74, 6) is 0.0536. The maximum atomic E-state index is 12.8. The van der Waals surface area contributed by atoms with Gasteiger partial charge in [0.05, 0.1) is 4.47 Å². The molecule has 0 saturated carbocycles. The molecule has 0 amide bonds. The minimum atomic E-state index is -1.61. The molecule has 0 heterocycles. The monoisotopic (exact) mass is 324 g/mol. The third kappa shape index (κ3) is 3.56. The van der Waals surface area contributed by atoms with Gasteiger partial charge in [0.25, 0.3) is 0 Å². The van der Waals surface area contributed by atoms with E-state index in [4.69, 9.17) is 4.74 Å². The van der Waals surface area contributed by atoms with Gasteiger partial charge in [-0.05, 0) is 39.7 Å². The third-order valence-corrected chi connectivity index (χ3v) is 3.20. The lowest BCUT2D eigenvalue weighted by molar-refractivity contribution is 0.304. The van der Waals surface area contributed by atoms with Gasteiger partial charge in [0.1, 0.15) is 18.2 Å². The number of hydrogen-bond donors (Lipinski definition) is 2. The number of ether oxygens (including phenoxy) is 1. The molecule has 98 valence electrons. The Bertz CT molecular complexity index is 560. The minimum absolute atomic E-state index is 0.211. The van der Waals surface area contributed by atoms with Crippen molar-refractivity contribution in [1.82, 2.24) is 0 Å². The lowest BCUT2D eigenvalue weighted by Crippen LogP contribution is -2.31. The van der Waals surface area contributed by atoms with Crippen LogP contribution in [0.2, 0.25) is 0 Å². The van der Waals surface area contributed by atoms with Crippen LogP contribution in [0, 0.1) is 5.82 Å². The van der Waals surface area contributed by atoms with E-state index in [0.717, 1.165) is 5.56 Å². The molecule has 2 rings (SSSR count). The summed E-state index contributed by atoms with van der Waals surface area (Å²) < 4.78 is 19.0. The summed E-state index contributed by atoms with van der Waals surface area (Å²) >= 11 is 3.29. The Kier molecular flexibility index (Phi) is 4.58. The van der Waals surface area contributed by atoms with Crippen LogP contribution >= 0.6 is 15.9 Å². The first-order chi connectivity index (χ1) is 9.08. The summed E-state index contributed by atoms with van der Waals surface area (Å²) in [6, 6.07) is 10.9. The molecule has 3 nitrogen and oxygen atoms in total. The second-order valence-electron chi connectivity index (χ2n) is 3.95. The van der Waals surface area contributed by atoms with E-state index in [1.165, 1.54) is 12.1 Å². The van der Waals surface area contributed by atoms with Crippen molar-refractivity contribution in [2.75, 3.05) is 0 Å². The van der Waals surface area contributed by atoms with Gasteiger partial charge in [-0.1, -0.05) is 24.3 Å². The van der Waals surface area contributed by atoms with Crippen molar-refractivity contribution in [1.29, 1.82) is 0 Å². The van der Waals surface area contributed by atoms with E-state index in [0.29, 0.717) is 10.2 Å². The highest BCUT2D eigenvalue weighted by molar-refractivity contribution is 9.10. The van der Waals surface area contributed by atoms with Crippen LogP contribution in [0.25, 0.3) is 0 Å². The lowest BCUT2D eigenvalue weighted by Gasteiger charge is -2.13. The van der Waals surface area contributed by atoms with Crippen molar-refractivity contribution in [3.63, 3.8) is 0 Å². The molecule has 0 spiro atoms. The molecule has 0 aliphatic heterocycles. The molecule has 0 aliphatic carbocycles. The first-order valence-corrected chi connectivity index (χ1v) is 6.39. The van der Waals surface area contributed by atoms with Gasteiger partial charge in [-0.2, -0.15) is 0 Å². The van der Waals surface area contributed by atoms with Crippen molar-refractivity contribution >= 4 is 28.5 Å².